The van der Waals surface area contributed by atoms with E-state index >= 15 is 0 Å². The van der Waals surface area contributed by atoms with Gasteiger partial charge in [0.05, 0.1) is 0 Å². The minimum absolute atomic E-state index is 0.263. The van der Waals surface area contributed by atoms with Crippen LogP contribution in [0.2, 0.25) is 0 Å². The number of benzene rings is 1. The van der Waals surface area contributed by atoms with Crippen LogP contribution in [0.4, 0.5) is 10.5 Å². The van der Waals surface area contributed by atoms with Crippen LogP contribution in [0.25, 0.3) is 0 Å². The van der Waals surface area contributed by atoms with Crippen molar-refractivity contribution in [2.75, 3.05) is 17.8 Å². The van der Waals surface area contributed by atoms with Gasteiger partial charge in [-0.05, 0) is 30.3 Å². The predicted molar refractivity (Wildman–Crippen MR) is 94.7 cm³/mol. The molecule has 0 aliphatic carbocycles. The molecule has 3 rings (SSSR count). The first kappa shape index (κ1) is 17.0. The summed E-state index contributed by atoms with van der Waals surface area (Å²) in [7, 11) is 1.53. The largest absolute Gasteiger partial charge is 0.457 e. The number of carbonyl (C=O) groups excluding carboxylic acids is 2. The molecule has 3 aromatic rings. The molecule has 132 valence electrons. The third kappa shape index (κ3) is 4.35. The molecular weight excluding hydrogens is 336 g/mol. The lowest BCUT2D eigenvalue weighted by Crippen LogP contribution is -2.26. The second-order valence-electron chi connectivity index (χ2n) is 5.12. The van der Waals surface area contributed by atoms with Crippen molar-refractivity contribution in [3.8, 4) is 11.5 Å². The molecule has 9 nitrogen and oxygen atoms in total. The third-order valence-electron chi connectivity index (χ3n) is 3.27. The minimum atomic E-state index is -0.402. The Hall–Kier alpha value is -3.88. The highest BCUT2D eigenvalue weighted by atomic mass is 16.5. The molecule has 0 atom stereocenters. The van der Waals surface area contributed by atoms with Crippen LogP contribution in [0, 0.1) is 0 Å². The first-order chi connectivity index (χ1) is 12.6. The second kappa shape index (κ2) is 7.79. The SMILES string of the molecule is CNC(=O)c1cc(Oc2ccc(NC(=O)Nn3ccnc3)cc2)ccn1. The Kier molecular flexibility index (Phi) is 5.08. The van der Waals surface area contributed by atoms with Gasteiger partial charge in [-0.15, -0.1) is 0 Å². The fourth-order valence-corrected chi connectivity index (χ4v) is 2.07. The van der Waals surface area contributed by atoms with Gasteiger partial charge in [-0.1, -0.05) is 0 Å². The quantitative estimate of drug-likeness (QED) is 0.652. The van der Waals surface area contributed by atoms with Crippen molar-refractivity contribution in [3.63, 3.8) is 0 Å². The summed E-state index contributed by atoms with van der Waals surface area (Å²) in [6.45, 7) is 0. The Morgan fingerprint density at radius 3 is 2.58 bits per heavy atom. The fraction of sp³-hybridized carbons (Fsp3) is 0.0588. The van der Waals surface area contributed by atoms with E-state index in [4.69, 9.17) is 4.74 Å². The number of aromatic nitrogens is 3. The van der Waals surface area contributed by atoms with Gasteiger partial charge in [-0.25, -0.2) is 19.9 Å². The number of urea groups is 1. The van der Waals surface area contributed by atoms with Crippen LogP contribution in [0.5, 0.6) is 11.5 Å². The lowest BCUT2D eigenvalue weighted by Gasteiger charge is -2.09. The van der Waals surface area contributed by atoms with Gasteiger partial charge in [0.1, 0.15) is 23.5 Å². The monoisotopic (exact) mass is 352 g/mol. The predicted octanol–water partition coefficient (Wildman–Crippen LogP) is 2.21. The molecule has 0 unspecified atom stereocenters. The zero-order valence-electron chi connectivity index (χ0n) is 13.8. The molecule has 0 saturated heterocycles. The molecule has 0 bridgehead atoms. The van der Waals surface area contributed by atoms with E-state index in [0.717, 1.165) is 0 Å². The maximum absolute atomic E-state index is 11.8. The molecule has 3 N–H and O–H groups in total. The zero-order valence-corrected chi connectivity index (χ0v) is 13.8. The van der Waals surface area contributed by atoms with Gasteiger partial charge in [0.25, 0.3) is 5.91 Å². The smallest absolute Gasteiger partial charge is 0.338 e. The molecular formula is C17H16N6O3. The van der Waals surface area contributed by atoms with Gasteiger partial charge in [-0.2, -0.15) is 0 Å². The lowest BCUT2D eigenvalue weighted by molar-refractivity contribution is 0.0958. The molecule has 0 aliphatic rings. The van der Waals surface area contributed by atoms with Crippen molar-refractivity contribution in [1.29, 1.82) is 0 Å². The Balaban J connectivity index is 1.61. The van der Waals surface area contributed by atoms with E-state index in [2.05, 4.69) is 26.0 Å². The normalized spacial score (nSPS) is 10.0. The van der Waals surface area contributed by atoms with Gasteiger partial charge in [0.15, 0.2) is 0 Å². The Morgan fingerprint density at radius 2 is 1.88 bits per heavy atom. The first-order valence-electron chi connectivity index (χ1n) is 7.66. The Bertz CT molecular complexity index is 893. The molecule has 1 aromatic carbocycles. The van der Waals surface area contributed by atoms with E-state index in [0.29, 0.717) is 17.2 Å². The summed E-state index contributed by atoms with van der Waals surface area (Å²) in [6, 6.07) is 9.59. The minimum Gasteiger partial charge on any atom is -0.457 e. The van der Waals surface area contributed by atoms with E-state index in [9.17, 15) is 9.59 Å². The van der Waals surface area contributed by atoms with Crippen LogP contribution in [0.15, 0.2) is 61.3 Å². The van der Waals surface area contributed by atoms with Gasteiger partial charge >= 0.3 is 6.03 Å². The Morgan fingerprint density at radius 1 is 1.08 bits per heavy atom. The maximum Gasteiger partial charge on any atom is 0.338 e. The van der Waals surface area contributed by atoms with Crippen LogP contribution in [-0.2, 0) is 0 Å². The number of anilines is 1. The standard InChI is InChI=1S/C17H16N6O3/c1-18-16(24)15-10-14(6-7-20-15)26-13-4-2-12(3-5-13)21-17(25)22-23-9-8-19-11-23/h2-11H,1H3,(H,18,24)(H2,21,22,25). The number of ether oxygens (including phenoxy) is 1. The molecule has 0 radical (unpaired) electrons. The van der Waals surface area contributed by atoms with Crippen LogP contribution >= 0.6 is 0 Å². The van der Waals surface area contributed by atoms with Crippen molar-refractivity contribution in [3.05, 3.63) is 67.0 Å². The average Bonchev–Trinajstić information content (AvgIpc) is 3.16. The van der Waals surface area contributed by atoms with Crippen LogP contribution in [-0.4, -0.2) is 33.6 Å². The summed E-state index contributed by atoms with van der Waals surface area (Å²) in [5, 5.41) is 5.19. The molecule has 26 heavy (non-hydrogen) atoms. The number of hydrogen-bond donors (Lipinski definition) is 3. The number of nitrogens with one attached hydrogen (secondary N) is 3. The molecule has 0 spiro atoms. The van der Waals surface area contributed by atoms with E-state index in [1.807, 2.05) is 0 Å². The van der Waals surface area contributed by atoms with Gasteiger partial charge < -0.3 is 15.4 Å². The number of hydrogen-bond acceptors (Lipinski definition) is 5. The van der Waals surface area contributed by atoms with E-state index in [1.54, 1.807) is 48.8 Å². The van der Waals surface area contributed by atoms with E-state index in [-0.39, 0.29) is 11.6 Å². The molecule has 0 aliphatic heterocycles. The maximum atomic E-state index is 11.8. The highest BCUT2D eigenvalue weighted by molar-refractivity contribution is 5.95. The highest BCUT2D eigenvalue weighted by Gasteiger charge is 2.07. The molecule has 0 saturated carbocycles. The van der Waals surface area contributed by atoms with Crippen LogP contribution in [0.1, 0.15) is 10.5 Å². The number of imidazole rings is 1. The van der Waals surface area contributed by atoms with Crippen molar-refractivity contribution in [2.45, 2.75) is 0 Å². The number of pyridine rings is 1. The lowest BCUT2D eigenvalue weighted by atomic mass is 10.3. The summed E-state index contributed by atoms with van der Waals surface area (Å²) in [6.07, 6.45) is 6.13. The number of nitrogens with zero attached hydrogens (tertiary/aromatic N) is 3. The number of carbonyl (C=O) groups is 2. The molecule has 2 aromatic heterocycles. The van der Waals surface area contributed by atoms with Crippen LogP contribution < -0.4 is 20.8 Å². The Labute approximate surface area is 149 Å². The van der Waals surface area contributed by atoms with E-state index in [1.165, 1.54) is 24.2 Å². The van der Waals surface area contributed by atoms with Crippen molar-refractivity contribution in [2.24, 2.45) is 0 Å². The third-order valence-corrected chi connectivity index (χ3v) is 3.27. The van der Waals surface area contributed by atoms with Crippen molar-refractivity contribution in [1.82, 2.24) is 20.0 Å². The molecule has 3 amide bonds. The summed E-state index contributed by atoms with van der Waals surface area (Å²) in [5.41, 5.74) is 3.43. The zero-order chi connectivity index (χ0) is 18.4. The summed E-state index contributed by atoms with van der Waals surface area (Å²) in [4.78, 5) is 31.2. The fourth-order valence-electron chi connectivity index (χ4n) is 2.07. The second-order valence-corrected chi connectivity index (χ2v) is 5.12. The topological polar surface area (TPSA) is 110 Å². The van der Waals surface area contributed by atoms with Crippen molar-refractivity contribution >= 4 is 17.6 Å². The summed E-state index contributed by atoms with van der Waals surface area (Å²) < 4.78 is 7.13. The highest BCUT2D eigenvalue weighted by Crippen LogP contribution is 2.23. The molecule has 9 heteroatoms. The average molecular weight is 352 g/mol. The summed E-state index contributed by atoms with van der Waals surface area (Å²) in [5.74, 6) is 0.746. The molecule has 2 heterocycles. The van der Waals surface area contributed by atoms with Gasteiger partial charge in [0, 0.05) is 37.4 Å². The van der Waals surface area contributed by atoms with Crippen molar-refractivity contribution < 1.29 is 14.3 Å². The van der Waals surface area contributed by atoms with Gasteiger partial charge in [-0.3, -0.25) is 9.78 Å². The summed E-state index contributed by atoms with van der Waals surface area (Å²) >= 11 is 0. The number of amides is 3. The van der Waals surface area contributed by atoms with E-state index < -0.39 is 6.03 Å². The number of rotatable bonds is 5. The molecule has 0 fully saturated rings. The first-order valence-corrected chi connectivity index (χ1v) is 7.66. The van der Waals surface area contributed by atoms with Crippen LogP contribution in [0.3, 0.4) is 0 Å². The van der Waals surface area contributed by atoms with Gasteiger partial charge in [0.2, 0.25) is 0 Å².